The van der Waals surface area contributed by atoms with Crippen molar-refractivity contribution < 1.29 is 9.59 Å². The van der Waals surface area contributed by atoms with Crippen molar-refractivity contribution in [2.45, 2.75) is 82.1 Å². The first-order valence-corrected chi connectivity index (χ1v) is 14.9. The maximum Gasteiger partial charge on any atom is 0.158 e. The fourth-order valence-corrected chi connectivity index (χ4v) is 4.12. The molecule has 0 aromatic heterocycles. The van der Waals surface area contributed by atoms with Crippen LogP contribution in [0.3, 0.4) is 0 Å². The molecule has 1 rings (SSSR count). The molecular formula is C40H52O2. The number of carbonyl (C=O) groups excluding carboxylic acids is 2. The first kappa shape index (κ1) is 36.2. The maximum atomic E-state index is 12.1. The lowest BCUT2D eigenvalue weighted by Crippen LogP contribution is -2.24. The van der Waals surface area contributed by atoms with Gasteiger partial charge in [-0.05, 0) is 70.6 Å². The summed E-state index contributed by atoms with van der Waals surface area (Å²) in [5, 5.41) is 0. The van der Waals surface area contributed by atoms with Crippen LogP contribution in [0, 0.1) is 11.3 Å². The summed E-state index contributed by atoms with van der Waals surface area (Å²) in [6.07, 6.45) is 36.1. The first-order chi connectivity index (χ1) is 19.7. The molecule has 0 spiro atoms. The molecule has 0 amide bonds. The molecule has 2 heteroatoms. The summed E-state index contributed by atoms with van der Waals surface area (Å²) in [5.41, 5.74) is 7.75. The minimum Gasteiger partial charge on any atom is -0.295 e. The van der Waals surface area contributed by atoms with Gasteiger partial charge in [-0.3, -0.25) is 9.59 Å². The van der Waals surface area contributed by atoms with Crippen molar-refractivity contribution in [2.24, 2.45) is 11.3 Å². The van der Waals surface area contributed by atoms with Gasteiger partial charge in [0, 0.05) is 12.3 Å². The quantitative estimate of drug-likeness (QED) is 0.165. The molecule has 0 unspecified atom stereocenters. The van der Waals surface area contributed by atoms with Crippen LogP contribution in [0.1, 0.15) is 82.1 Å². The van der Waals surface area contributed by atoms with Crippen LogP contribution in [-0.4, -0.2) is 11.6 Å². The molecule has 0 heterocycles. The molecule has 2 nitrogen and oxygen atoms in total. The number of carbonyl (C=O) groups is 2. The topological polar surface area (TPSA) is 34.1 Å². The Hall–Kier alpha value is -3.78. The van der Waals surface area contributed by atoms with E-state index in [0.29, 0.717) is 6.42 Å². The lowest BCUT2D eigenvalue weighted by Gasteiger charge is -2.32. The van der Waals surface area contributed by atoms with Crippen molar-refractivity contribution in [3.63, 3.8) is 0 Å². The van der Waals surface area contributed by atoms with E-state index in [0.717, 1.165) is 45.4 Å². The number of rotatable bonds is 13. The predicted molar refractivity (Wildman–Crippen MR) is 184 cm³/mol. The van der Waals surface area contributed by atoms with Crippen LogP contribution < -0.4 is 0 Å². The standard InChI is InChI=1S/C40H52O2/c1-30(2)38(41)27-25-35(7)23-15-21-33(5)20-13-18-31(3)16-11-12-17-32(4)19-14-22-34(6)24-26-37-36(8)39(42)28-29-40(37,9)10/h11-27,30H,28-29H2,1-10H3/b12-11+,18-13+,19-14+,21-15+,26-24+,27-25+,31-16+,32-17+,33-20+,34-22+,35-23+. The Balaban J connectivity index is 2.64. The third-order valence-corrected chi connectivity index (χ3v) is 7.10. The van der Waals surface area contributed by atoms with Gasteiger partial charge in [0.15, 0.2) is 11.6 Å². The van der Waals surface area contributed by atoms with Crippen molar-refractivity contribution in [1.82, 2.24) is 0 Å². The molecule has 0 radical (unpaired) electrons. The lowest BCUT2D eigenvalue weighted by molar-refractivity contribution is -0.117. The van der Waals surface area contributed by atoms with Crippen LogP contribution >= 0.6 is 0 Å². The number of allylic oxidation sites excluding steroid dienone is 24. The van der Waals surface area contributed by atoms with Gasteiger partial charge in [0.05, 0.1) is 0 Å². The average Bonchev–Trinajstić information content (AvgIpc) is 2.91. The van der Waals surface area contributed by atoms with Gasteiger partial charge in [0.1, 0.15) is 0 Å². The summed E-state index contributed by atoms with van der Waals surface area (Å²) >= 11 is 0. The molecule has 0 saturated carbocycles. The summed E-state index contributed by atoms with van der Waals surface area (Å²) in [6, 6.07) is 0. The van der Waals surface area contributed by atoms with E-state index in [2.05, 4.69) is 108 Å². The molecule has 0 N–H and O–H groups in total. The van der Waals surface area contributed by atoms with E-state index in [1.54, 1.807) is 6.08 Å². The monoisotopic (exact) mass is 564 g/mol. The zero-order chi connectivity index (χ0) is 31.7. The zero-order valence-electron chi connectivity index (χ0n) is 27.6. The number of hydrogen-bond acceptors (Lipinski definition) is 2. The Morgan fingerprint density at radius 2 is 1.05 bits per heavy atom. The Bertz CT molecular complexity index is 1330. The van der Waals surface area contributed by atoms with E-state index < -0.39 is 0 Å². The molecule has 0 aliphatic heterocycles. The minimum atomic E-state index is 0.0286. The fraction of sp³-hybridized carbons (Fsp3) is 0.350. The van der Waals surface area contributed by atoms with Crippen LogP contribution in [0.5, 0.6) is 0 Å². The molecule has 0 aromatic rings. The van der Waals surface area contributed by atoms with Crippen molar-refractivity contribution in [1.29, 1.82) is 0 Å². The highest BCUT2D eigenvalue weighted by atomic mass is 16.1. The SMILES string of the molecule is CC1=C(/C=C/C(C)=C/C=C/C(C)=C/C=C/C=C(C)/C=C/C=C(C)/C=C/C=C(C)/C=C/C(=O)C(C)C)C(C)(C)CCC1=O. The second-order valence-electron chi connectivity index (χ2n) is 12.1. The molecule has 1 aliphatic carbocycles. The van der Waals surface area contributed by atoms with Crippen LogP contribution in [0.2, 0.25) is 0 Å². The van der Waals surface area contributed by atoms with Gasteiger partial charge in [-0.15, -0.1) is 0 Å². The summed E-state index contributed by atoms with van der Waals surface area (Å²) < 4.78 is 0. The van der Waals surface area contributed by atoms with Crippen LogP contribution in [-0.2, 0) is 9.59 Å². The van der Waals surface area contributed by atoms with Crippen molar-refractivity contribution in [3.05, 3.63) is 142 Å². The van der Waals surface area contributed by atoms with Crippen LogP contribution in [0.15, 0.2) is 142 Å². The Morgan fingerprint density at radius 1 is 0.643 bits per heavy atom. The number of ketones is 2. The molecular weight excluding hydrogens is 512 g/mol. The molecule has 42 heavy (non-hydrogen) atoms. The van der Waals surface area contributed by atoms with E-state index in [1.165, 1.54) is 0 Å². The molecule has 0 fully saturated rings. The van der Waals surface area contributed by atoms with Gasteiger partial charge in [-0.25, -0.2) is 0 Å². The molecule has 0 bridgehead atoms. The zero-order valence-corrected chi connectivity index (χ0v) is 27.6. The third kappa shape index (κ3) is 14.7. The van der Waals surface area contributed by atoms with E-state index >= 15 is 0 Å². The van der Waals surface area contributed by atoms with Gasteiger partial charge >= 0.3 is 0 Å². The predicted octanol–water partition coefficient (Wildman–Crippen LogP) is 11.0. The van der Waals surface area contributed by atoms with Crippen molar-refractivity contribution in [3.8, 4) is 0 Å². The molecule has 0 saturated heterocycles. The number of Topliss-reactive ketones (excluding diaryl/α,β-unsaturated/α-hetero) is 1. The Morgan fingerprint density at radius 3 is 1.50 bits per heavy atom. The van der Waals surface area contributed by atoms with Crippen LogP contribution in [0.4, 0.5) is 0 Å². The van der Waals surface area contributed by atoms with Crippen LogP contribution in [0.25, 0.3) is 0 Å². The summed E-state index contributed by atoms with van der Waals surface area (Å²) in [5.74, 6) is 0.442. The minimum absolute atomic E-state index is 0.0286. The largest absolute Gasteiger partial charge is 0.295 e. The van der Waals surface area contributed by atoms with Gasteiger partial charge in [0.2, 0.25) is 0 Å². The van der Waals surface area contributed by atoms with Gasteiger partial charge in [-0.2, -0.15) is 0 Å². The highest BCUT2D eigenvalue weighted by Gasteiger charge is 2.30. The van der Waals surface area contributed by atoms with Crippen molar-refractivity contribution in [2.75, 3.05) is 0 Å². The number of hydrogen-bond donors (Lipinski definition) is 0. The lowest BCUT2D eigenvalue weighted by atomic mass is 9.72. The van der Waals surface area contributed by atoms with Gasteiger partial charge < -0.3 is 0 Å². The second-order valence-corrected chi connectivity index (χ2v) is 12.1. The Labute approximate surface area is 256 Å². The molecule has 0 aromatic carbocycles. The van der Waals surface area contributed by atoms with E-state index in [-0.39, 0.29) is 22.9 Å². The highest BCUT2D eigenvalue weighted by molar-refractivity contribution is 5.97. The molecule has 224 valence electrons. The highest BCUT2D eigenvalue weighted by Crippen LogP contribution is 2.39. The van der Waals surface area contributed by atoms with E-state index in [9.17, 15) is 9.59 Å². The Kier molecular flexibility index (Phi) is 16.1. The van der Waals surface area contributed by atoms with Gasteiger partial charge in [-0.1, -0.05) is 153 Å². The van der Waals surface area contributed by atoms with E-state index in [4.69, 9.17) is 0 Å². The van der Waals surface area contributed by atoms with Crippen molar-refractivity contribution >= 4 is 11.6 Å². The smallest absolute Gasteiger partial charge is 0.158 e. The third-order valence-electron chi connectivity index (χ3n) is 7.10. The second kappa shape index (κ2) is 18.6. The molecule has 1 aliphatic rings. The van der Waals surface area contributed by atoms with Gasteiger partial charge in [0.25, 0.3) is 0 Å². The first-order valence-electron chi connectivity index (χ1n) is 14.9. The maximum absolute atomic E-state index is 12.1. The summed E-state index contributed by atoms with van der Waals surface area (Å²) in [4.78, 5) is 23.8. The molecule has 0 atom stereocenters. The fourth-order valence-electron chi connectivity index (χ4n) is 4.12. The average molecular weight is 565 g/mol. The summed E-state index contributed by atoms with van der Waals surface area (Å²) in [6.45, 7) is 20.5. The summed E-state index contributed by atoms with van der Waals surface area (Å²) in [7, 11) is 0. The van der Waals surface area contributed by atoms with E-state index in [1.807, 2.05) is 58.1 Å². The normalized spacial score (nSPS) is 18.6.